The Labute approximate surface area is 337 Å². The molecule has 3 aromatic rings. The number of anilines is 1. The molecule has 0 radical (unpaired) electrons. The van der Waals surface area contributed by atoms with Crippen LogP contribution in [0.25, 0.3) is 11.1 Å². The third-order valence-electron chi connectivity index (χ3n) is 11.0. The van der Waals surface area contributed by atoms with Crippen LogP contribution in [0.4, 0.5) is 5.69 Å². The summed E-state index contributed by atoms with van der Waals surface area (Å²) in [5, 5.41) is 9.87. The number of hydrogen-bond acceptors (Lipinski definition) is 7. The smallest absolute Gasteiger partial charge is 0.272 e. The highest BCUT2D eigenvalue weighted by atomic mass is 35.5. The zero-order valence-electron chi connectivity index (χ0n) is 33.3. The minimum Gasteiger partial charge on any atom is -0.351 e. The van der Waals surface area contributed by atoms with E-state index in [4.69, 9.17) is 11.6 Å². The molecule has 302 valence electrons. The van der Waals surface area contributed by atoms with Gasteiger partial charge in [-0.3, -0.25) is 24.1 Å². The van der Waals surface area contributed by atoms with E-state index < -0.39 is 0 Å². The van der Waals surface area contributed by atoms with Gasteiger partial charge >= 0.3 is 0 Å². The van der Waals surface area contributed by atoms with Gasteiger partial charge in [-0.05, 0) is 92.4 Å². The molecule has 2 aliphatic heterocycles. The Balaban J connectivity index is 0.996. The Bertz CT molecular complexity index is 1750. The fourth-order valence-electron chi connectivity index (χ4n) is 7.39. The minimum absolute atomic E-state index is 0.0613. The van der Waals surface area contributed by atoms with Gasteiger partial charge in [0.25, 0.3) is 5.91 Å². The molecule has 0 spiro atoms. The molecule has 2 fully saturated rings. The van der Waals surface area contributed by atoms with Crippen LogP contribution in [0.1, 0.15) is 86.3 Å². The lowest BCUT2D eigenvalue weighted by Crippen LogP contribution is -2.48. The van der Waals surface area contributed by atoms with Gasteiger partial charge in [0.15, 0.2) is 5.69 Å². The quantitative estimate of drug-likeness (QED) is 0.116. The second-order valence-corrected chi connectivity index (χ2v) is 15.7. The van der Waals surface area contributed by atoms with E-state index in [-0.39, 0.29) is 41.8 Å². The highest BCUT2D eigenvalue weighted by molar-refractivity contribution is 6.30. The van der Waals surface area contributed by atoms with Crippen molar-refractivity contribution in [1.82, 2.24) is 30.3 Å². The maximum Gasteiger partial charge on any atom is 0.272 e. The number of benzene rings is 2. The van der Waals surface area contributed by atoms with Gasteiger partial charge in [0, 0.05) is 75.9 Å². The van der Waals surface area contributed by atoms with Crippen LogP contribution in [0.15, 0.2) is 60.8 Å². The number of unbranched alkanes of at least 4 members (excludes halogenated alkanes) is 4. The summed E-state index contributed by atoms with van der Waals surface area (Å²) >= 11 is 5.99. The molecular formula is C44H60ClN7O4. The van der Waals surface area contributed by atoms with E-state index in [2.05, 4.69) is 57.0 Å². The van der Waals surface area contributed by atoms with Crippen molar-refractivity contribution in [1.29, 1.82) is 0 Å². The number of carbonyl (C=O) groups is 4. The maximum atomic E-state index is 13.3. The lowest BCUT2D eigenvalue weighted by Gasteiger charge is -2.34. The monoisotopic (exact) mass is 785 g/mol. The first kappa shape index (κ1) is 42.8. The Morgan fingerprint density at radius 3 is 2.41 bits per heavy atom. The zero-order chi connectivity index (χ0) is 39.7. The van der Waals surface area contributed by atoms with E-state index in [0.717, 1.165) is 113 Å². The summed E-state index contributed by atoms with van der Waals surface area (Å²) in [6.07, 6.45) is 11.3. The number of pyridine rings is 1. The summed E-state index contributed by atoms with van der Waals surface area (Å²) in [6, 6.07) is 18.0. The van der Waals surface area contributed by atoms with Crippen molar-refractivity contribution in [3.05, 3.63) is 82.6 Å². The zero-order valence-corrected chi connectivity index (χ0v) is 34.0. The highest BCUT2D eigenvalue weighted by Gasteiger charge is 2.24. The molecule has 4 amide bonds. The second kappa shape index (κ2) is 22.4. The van der Waals surface area contributed by atoms with Crippen molar-refractivity contribution in [2.24, 2.45) is 5.92 Å². The number of halogens is 1. The lowest BCUT2D eigenvalue weighted by atomic mass is 9.96. The SMILES string of the molecule is CCc1cccc(-c2cnc(C(=O)NCCCCCCCC(=O)N3CCN(CCCc4ccc(Cl)cc4)CC3)c(NC(=O)CNCC3CCN(C)C(=O)C3)c2)c1. The predicted molar refractivity (Wildman–Crippen MR) is 224 cm³/mol. The molecule has 0 aliphatic carbocycles. The van der Waals surface area contributed by atoms with Gasteiger partial charge < -0.3 is 25.8 Å². The standard InChI is InChI=1S/C44H60ClN7O4/c1-3-33-11-9-13-36(27-33)37-29-39(49-40(53)32-46-30-35-19-22-50(2)42(55)28-35)43(48-31-37)44(56)47-20-8-6-4-5-7-14-41(54)52-25-23-51(24-26-52)21-10-12-34-15-17-38(45)18-16-34/h9,11,13,15-18,27,29,31,35,46H,3-8,10,12,14,19-26,28,30,32H2,1-2H3,(H,47,56)(H,49,53). The van der Waals surface area contributed by atoms with Crippen LogP contribution in [0, 0.1) is 5.92 Å². The largest absolute Gasteiger partial charge is 0.351 e. The van der Waals surface area contributed by atoms with Crippen LogP contribution >= 0.6 is 11.6 Å². The molecule has 3 heterocycles. The third-order valence-corrected chi connectivity index (χ3v) is 11.2. The fraction of sp³-hybridized carbons (Fsp3) is 0.523. The molecule has 2 aliphatic rings. The van der Waals surface area contributed by atoms with E-state index in [9.17, 15) is 19.2 Å². The molecule has 0 saturated carbocycles. The molecule has 2 aromatic carbocycles. The van der Waals surface area contributed by atoms with Crippen LogP contribution in [0.3, 0.4) is 0 Å². The summed E-state index contributed by atoms with van der Waals surface area (Å²) < 4.78 is 0. The number of nitrogens with one attached hydrogen (secondary N) is 3. The number of piperazine rings is 1. The number of likely N-dealkylation sites (tertiary alicyclic amines) is 1. The van der Waals surface area contributed by atoms with Crippen LogP contribution < -0.4 is 16.0 Å². The molecule has 12 heteroatoms. The summed E-state index contributed by atoms with van der Waals surface area (Å²) in [6.45, 7) is 8.45. The average Bonchev–Trinajstić information content (AvgIpc) is 3.21. The number of amides is 4. The van der Waals surface area contributed by atoms with E-state index in [1.807, 2.05) is 42.3 Å². The highest BCUT2D eigenvalue weighted by Crippen LogP contribution is 2.26. The van der Waals surface area contributed by atoms with Gasteiger partial charge in [0.1, 0.15) is 0 Å². The third kappa shape index (κ3) is 13.7. The van der Waals surface area contributed by atoms with Gasteiger partial charge in [-0.1, -0.05) is 74.2 Å². The molecule has 56 heavy (non-hydrogen) atoms. The fourth-order valence-corrected chi connectivity index (χ4v) is 7.51. The summed E-state index contributed by atoms with van der Waals surface area (Å²) in [7, 11) is 1.82. The van der Waals surface area contributed by atoms with Gasteiger partial charge in [-0.2, -0.15) is 0 Å². The van der Waals surface area contributed by atoms with Crippen LogP contribution in [-0.4, -0.2) is 109 Å². The van der Waals surface area contributed by atoms with Crippen molar-refractivity contribution in [3.63, 3.8) is 0 Å². The number of aromatic nitrogens is 1. The van der Waals surface area contributed by atoms with Crippen molar-refractivity contribution in [3.8, 4) is 11.1 Å². The van der Waals surface area contributed by atoms with E-state index in [1.54, 1.807) is 11.1 Å². The van der Waals surface area contributed by atoms with Crippen molar-refractivity contribution < 1.29 is 19.2 Å². The molecule has 5 rings (SSSR count). The molecule has 0 bridgehead atoms. The second-order valence-electron chi connectivity index (χ2n) is 15.3. The van der Waals surface area contributed by atoms with Gasteiger partial charge in [0.05, 0.1) is 12.2 Å². The van der Waals surface area contributed by atoms with E-state index in [1.165, 1.54) is 11.1 Å². The average molecular weight is 786 g/mol. The number of piperidine rings is 1. The molecule has 1 aromatic heterocycles. The summed E-state index contributed by atoms with van der Waals surface area (Å²) in [5.41, 5.74) is 4.80. The van der Waals surface area contributed by atoms with Gasteiger partial charge in [0.2, 0.25) is 17.7 Å². The molecule has 3 N–H and O–H groups in total. The molecule has 1 atom stereocenters. The van der Waals surface area contributed by atoms with Gasteiger partial charge in [-0.25, -0.2) is 4.98 Å². The summed E-state index contributed by atoms with van der Waals surface area (Å²) in [4.78, 5) is 62.1. The molecule has 11 nitrogen and oxygen atoms in total. The number of nitrogens with zero attached hydrogens (tertiary/aromatic N) is 4. The number of aryl methyl sites for hydroxylation is 2. The predicted octanol–water partition coefficient (Wildman–Crippen LogP) is 6.21. The Kier molecular flexibility index (Phi) is 17.1. The van der Waals surface area contributed by atoms with Crippen molar-refractivity contribution in [2.45, 2.75) is 77.6 Å². The van der Waals surface area contributed by atoms with Crippen molar-refractivity contribution in [2.75, 3.05) is 71.3 Å². The van der Waals surface area contributed by atoms with Crippen molar-refractivity contribution >= 4 is 40.9 Å². The Morgan fingerprint density at radius 2 is 1.64 bits per heavy atom. The Hall–Kier alpha value is -4.32. The van der Waals surface area contributed by atoms with E-state index in [0.29, 0.717) is 31.6 Å². The topological polar surface area (TPSA) is 127 Å². The first-order valence-corrected chi connectivity index (χ1v) is 20.9. The Morgan fingerprint density at radius 1 is 0.875 bits per heavy atom. The van der Waals surface area contributed by atoms with Crippen LogP contribution in [-0.2, 0) is 27.2 Å². The molecule has 2 saturated heterocycles. The number of hydrogen-bond donors (Lipinski definition) is 3. The lowest BCUT2D eigenvalue weighted by molar-refractivity contribution is -0.134. The summed E-state index contributed by atoms with van der Waals surface area (Å²) in [5.74, 6) is -0.0353. The van der Waals surface area contributed by atoms with Crippen LogP contribution in [0.2, 0.25) is 5.02 Å². The van der Waals surface area contributed by atoms with Gasteiger partial charge in [-0.15, -0.1) is 0 Å². The first-order valence-electron chi connectivity index (χ1n) is 20.5. The number of rotatable bonds is 20. The molecular weight excluding hydrogens is 726 g/mol. The van der Waals surface area contributed by atoms with Crippen LogP contribution in [0.5, 0.6) is 0 Å². The maximum absolute atomic E-state index is 13.3. The normalized spacial score (nSPS) is 16.2. The van der Waals surface area contributed by atoms with E-state index >= 15 is 0 Å². The minimum atomic E-state index is -0.334. The first-order chi connectivity index (χ1) is 27.2. The molecule has 1 unspecified atom stereocenters. The number of carbonyl (C=O) groups excluding carboxylic acids is 4.